The average Bonchev–Trinajstić information content (AvgIpc) is 2.80. The summed E-state index contributed by atoms with van der Waals surface area (Å²) in [5.41, 5.74) is 5.39. The Labute approximate surface area is 107 Å². The molecule has 17 heavy (non-hydrogen) atoms. The molecule has 0 aliphatic carbocycles. The summed E-state index contributed by atoms with van der Waals surface area (Å²) in [6, 6.07) is 4.24. The van der Waals surface area contributed by atoms with Crippen molar-refractivity contribution < 1.29 is 4.74 Å². The summed E-state index contributed by atoms with van der Waals surface area (Å²) in [6.07, 6.45) is 1.69. The Hall–Kier alpha value is -0.910. The van der Waals surface area contributed by atoms with Crippen molar-refractivity contribution in [2.24, 2.45) is 5.73 Å². The Balaban J connectivity index is 2.31. The zero-order chi connectivity index (χ0) is 12.5. The molecule has 0 aromatic carbocycles. The lowest BCUT2D eigenvalue weighted by atomic mass is 10.3. The van der Waals surface area contributed by atoms with Gasteiger partial charge in [-0.25, -0.2) is 0 Å². The smallest absolute Gasteiger partial charge is 0.0918 e. The molecule has 0 aliphatic rings. The highest BCUT2D eigenvalue weighted by molar-refractivity contribution is 7.09. The number of rotatable bonds is 9. The van der Waals surface area contributed by atoms with Gasteiger partial charge in [0.25, 0.3) is 0 Å². The fourth-order valence-corrected chi connectivity index (χ4v) is 2.26. The SMILES string of the molecule is COCCN(CCC(=N)N)CCc1cccs1. The highest BCUT2D eigenvalue weighted by atomic mass is 32.1. The van der Waals surface area contributed by atoms with Gasteiger partial charge >= 0.3 is 0 Å². The standard InChI is InChI=1S/C12H21N3OS/c1-16-9-8-15(7-5-12(13)14)6-4-11-3-2-10-17-11/h2-3,10H,4-9H2,1H3,(H3,13,14). The van der Waals surface area contributed by atoms with Crippen molar-refractivity contribution in [1.82, 2.24) is 4.90 Å². The highest BCUT2D eigenvalue weighted by Gasteiger charge is 2.06. The van der Waals surface area contributed by atoms with E-state index in [9.17, 15) is 0 Å². The Morgan fingerprint density at radius 1 is 1.47 bits per heavy atom. The Morgan fingerprint density at radius 3 is 2.88 bits per heavy atom. The van der Waals surface area contributed by atoms with Crippen molar-refractivity contribution in [1.29, 1.82) is 5.41 Å². The maximum atomic E-state index is 7.26. The van der Waals surface area contributed by atoms with E-state index in [2.05, 4.69) is 22.4 Å². The number of thiophene rings is 1. The van der Waals surface area contributed by atoms with E-state index in [1.165, 1.54) is 4.88 Å². The van der Waals surface area contributed by atoms with E-state index in [4.69, 9.17) is 15.9 Å². The molecule has 4 nitrogen and oxygen atoms in total. The monoisotopic (exact) mass is 255 g/mol. The summed E-state index contributed by atoms with van der Waals surface area (Å²) in [5.74, 6) is 0.253. The maximum absolute atomic E-state index is 7.26. The molecular weight excluding hydrogens is 234 g/mol. The molecule has 0 saturated carbocycles. The van der Waals surface area contributed by atoms with Crippen LogP contribution in [0.25, 0.3) is 0 Å². The lowest BCUT2D eigenvalue weighted by Gasteiger charge is -2.21. The Morgan fingerprint density at radius 2 is 2.29 bits per heavy atom. The van der Waals surface area contributed by atoms with Crippen molar-refractivity contribution in [3.63, 3.8) is 0 Å². The molecule has 0 atom stereocenters. The van der Waals surface area contributed by atoms with Crippen LogP contribution in [-0.4, -0.2) is 44.1 Å². The minimum Gasteiger partial charge on any atom is -0.388 e. The number of methoxy groups -OCH3 is 1. The van der Waals surface area contributed by atoms with Gasteiger partial charge in [0.1, 0.15) is 0 Å². The molecule has 1 rings (SSSR count). The lowest BCUT2D eigenvalue weighted by molar-refractivity contribution is 0.150. The zero-order valence-electron chi connectivity index (χ0n) is 10.3. The van der Waals surface area contributed by atoms with Crippen LogP contribution in [0.5, 0.6) is 0 Å². The second-order valence-corrected chi connectivity index (χ2v) is 4.97. The fraction of sp³-hybridized carbons (Fsp3) is 0.583. The molecule has 1 aromatic rings. The second-order valence-electron chi connectivity index (χ2n) is 3.94. The largest absolute Gasteiger partial charge is 0.388 e. The minimum atomic E-state index is 0.253. The van der Waals surface area contributed by atoms with Crippen molar-refractivity contribution in [3.05, 3.63) is 22.4 Å². The van der Waals surface area contributed by atoms with Gasteiger partial charge in [0.15, 0.2) is 0 Å². The molecule has 1 heterocycles. The summed E-state index contributed by atoms with van der Waals surface area (Å²) in [6.45, 7) is 3.46. The van der Waals surface area contributed by atoms with Crippen LogP contribution in [0.3, 0.4) is 0 Å². The zero-order valence-corrected chi connectivity index (χ0v) is 11.1. The van der Waals surface area contributed by atoms with E-state index >= 15 is 0 Å². The third-order valence-corrected chi connectivity index (χ3v) is 3.50. The van der Waals surface area contributed by atoms with E-state index in [0.29, 0.717) is 6.42 Å². The van der Waals surface area contributed by atoms with Crippen LogP contribution in [0.2, 0.25) is 0 Å². The van der Waals surface area contributed by atoms with E-state index in [1.54, 1.807) is 18.4 Å². The third kappa shape index (κ3) is 6.41. The number of hydrogen-bond donors (Lipinski definition) is 2. The normalized spacial score (nSPS) is 10.9. The van der Waals surface area contributed by atoms with Crippen LogP contribution in [0, 0.1) is 5.41 Å². The van der Waals surface area contributed by atoms with E-state index in [1.807, 2.05) is 0 Å². The van der Waals surface area contributed by atoms with Gasteiger partial charge in [-0.3, -0.25) is 5.41 Å². The highest BCUT2D eigenvalue weighted by Crippen LogP contribution is 2.09. The van der Waals surface area contributed by atoms with Crippen LogP contribution >= 0.6 is 11.3 Å². The summed E-state index contributed by atoms with van der Waals surface area (Å²) in [4.78, 5) is 3.69. The van der Waals surface area contributed by atoms with Crippen molar-refractivity contribution in [2.75, 3.05) is 33.4 Å². The lowest BCUT2D eigenvalue weighted by Crippen LogP contribution is -2.32. The van der Waals surface area contributed by atoms with Crippen LogP contribution in [0.15, 0.2) is 17.5 Å². The predicted octanol–water partition coefficient (Wildman–Crippen LogP) is 1.57. The molecular formula is C12H21N3OS. The van der Waals surface area contributed by atoms with E-state index in [-0.39, 0.29) is 5.84 Å². The number of nitrogens with zero attached hydrogens (tertiary/aromatic N) is 1. The fourth-order valence-electron chi connectivity index (χ4n) is 1.56. The van der Waals surface area contributed by atoms with Crippen molar-refractivity contribution >= 4 is 17.2 Å². The molecule has 0 radical (unpaired) electrons. The minimum absolute atomic E-state index is 0.253. The average molecular weight is 255 g/mol. The van der Waals surface area contributed by atoms with Gasteiger partial charge < -0.3 is 15.4 Å². The molecule has 0 saturated heterocycles. The molecule has 96 valence electrons. The first kappa shape index (κ1) is 14.2. The molecule has 0 fully saturated rings. The number of amidine groups is 1. The van der Waals surface area contributed by atoms with Crippen LogP contribution in [0.1, 0.15) is 11.3 Å². The number of ether oxygens (including phenoxy) is 1. The molecule has 0 aliphatic heterocycles. The number of hydrogen-bond acceptors (Lipinski definition) is 4. The van der Waals surface area contributed by atoms with Gasteiger partial charge in [-0.05, 0) is 17.9 Å². The quantitative estimate of drug-likeness (QED) is 0.520. The van der Waals surface area contributed by atoms with E-state index in [0.717, 1.165) is 32.7 Å². The van der Waals surface area contributed by atoms with Crippen molar-refractivity contribution in [2.45, 2.75) is 12.8 Å². The van der Waals surface area contributed by atoms with Gasteiger partial charge in [0.05, 0.1) is 12.4 Å². The van der Waals surface area contributed by atoms with Gasteiger partial charge in [0, 0.05) is 38.0 Å². The van der Waals surface area contributed by atoms with Crippen LogP contribution in [0.4, 0.5) is 0 Å². The molecule has 0 unspecified atom stereocenters. The van der Waals surface area contributed by atoms with E-state index < -0.39 is 0 Å². The van der Waals surface area contributed by atoms with Crippen LogP contribution < -0.4 is 5.73 Å². The summed E-state index contributed by atoms with van der Waals surface area (Å²) in [5, 5.41) is 9.36. The molecule has 3 N–H and O–H groups in total. The number of nitrogens with two attached hydrogens (primary N) is 1. The second kappa shape index (κ2) is 8.22. The summed E-state index contributed by atoms with van der Waals surface area (Å²) in [7, 11) is 1.71. The first-order valence-electron chi connectivity index (χ1n) is 5.79. The predicted molar refractivity (Wildman–Crippen MR) is 72.9 cm³/mol. The first-order valence-corrected chi connectivity index (χ1v) is 6.67. The first-order chi connectivity index (χ1) is 8.22. The van der Waals surface area contributed by atoms with Gasteiger partial charge in [0.2, 0.25) is 0 Å². The van der Waals surface area contributed by atoms with Gasteiger partial charge in [-0.2, -0.15) is 0 Å². The molecule has 5 heteroatoms. The molecule has 0 bridgehead atoms. The third-order valence-electron chi connectivity index (χ3n) is 2.56. The Kier molecular flexibility index (Phi) is 6.84. The molecule has 0 spiro atoms. The topological polar surface area (TPSA) is 62.3 Å². The number of nitrogens with one attached hydrogen (secondary N) is 1. The maximum Gasteiger partial charge on any atom is 0.0918 e. The van der Waals surface area contributed by atoms with Crippen molar-refractivity contribution in [3.8, 4) is 0 Å². The Bertz CT molecular complexity index is 314. The van der Waals surface area contributed by atoms with Gasteiger partial charge in [-0.1, -0.05) is 6.07 Å². The van der Waals surface area contributed by atoms with Gasteiger partial charge in [-0.15, -0.1) is 11.3 Å². The molecule has 0 amide bonds. The summed E-state index contributed by atoms with van der Waals surface area (Å²) < 4.78 is 5.09. The molecule has 1 aromatic heterocycles. The summed E-state index contributed by atoms with van der Waals surface area (Å²) >= 11 is 1.79. The van der Waals surface area contributed by atoms with Crippen LogP contribution in [-0.2, 0) is 11.2 Å².